The number of hydrogen-bond acceptors (Lipinski definition) is 5. The van der Waals surface area contributed by atoms with E-state index in [9.17, 15) is 0 Å². The summed E-state index contributed by atoms with van der Waals surface area (Å²) in [5.74, 6) is 1.63. The van der Waals surface area contributed by atoms with Crippen molar-refractivity contribution in [2.45, 2.75) is 0 Å². The van der Waals surface area contributed by atoms with Crippen LogP contribution in [0.1, 0.15) is 0 Å². The normalized spacial score (nSPS) is 15.4. The van der Waals surface area contributed by atoms with Gasteiger partial charge in [0.25, 0.3) is 0 Å². The highest BCUT2D eigenvalue weighted by Crippen LogP contribution is 2.31. The Morgan fingerprint density at radius 3 is 2.80 bits per heavy atom. The van der Waals surface area contributed by atoms with E-state index in [4.69, 9.17) is 9.26 Å². The van der Waals surface area contributed by atoms with Crippen molar-refractivity contribution in [3.05, 3.63) is 28.7 Å². The first-order chi connectivity index (χ1) is 9.78. The number of aromatic nitrogens is 1. The Labute approximate surface area is 126 Å². The smallest absolute Gasteiger partial charge is 0.227 e. The highest BCUT2D eigenvalue weighted by Gasteiger charge is 2.16. The maximum atomic E-state index is 5.46. The van der Waals surface area contributed by atoms with Gasteiger partial charge in [-0.05, 0) is 34.1 Å². The lowest BCUT2D eigenvalue weighted by Gasteiger charge is -2.25. The van der Waals surface area contributed by atoms with Crippen LogP contribution in [0, 0.1) is 0 Å². The van der Waals surface area contributed by atoms with Crippen LogP contribution in [0.25, 0.3) is 11.3 Å². The van der Waals surface area contributed by atoms with Gasteiger partial charge in [-0.15, -0.1) is 0 Å². The lowest BCUT2D eigenvalue weighted by molar-refractivity contribution is 0.409. The Kier molecular flexibility index (Phi) is 3.93. The SMILES string of the molecule is COc1ccc(-c2cc(N3CCNCC3)on2)cc1Br. The maximum Gasteiger partial charge on any atom is 0.227 e. The minimum Gasteiger partial charge on any atom is -0.496 e. The van der Waals surface area contributed by atoms with Gasteiger partial charge >= 0.3 is 0 Å². The molecule has 0 amide bonds. The van der Waals surface area contributed by atoms with Crippen molar-refractivity contribution in [2.24, 2.45) is 0 Å². The van der Waals surface area contributed by atoms with Gasteiger partial charge in [0.05, 0.1) is 11.6 Å². The maximum absolute atomic E-state index is 5.46. The average molecular weight is 338 g/mol. The topological polar surface area (TPSA) is 50.5 Å². The number of methoxy groups -OCH3 is 1. The van der Waals surface area contributed by atoms with E-state index in [0.29, 0.717) is 0 Å². The first-order valence-electron chi connectivity index (χ1n) is 6.54. The van der Waals surface area contributed by atoms with Crippen molar-refractivity contribution in [1.29, 1.82) is 0 Å². The second-order valence-electron chi connectivity index (χ2n) is 4.64. The van der Waals surface area contributed by atoms with Crippen LogP contribution >= 0.6 is 15.9 Å². The lowest BCUT2D eigenvalue weighted by atomic mass is 10.1. The van der Waals surface area contributed by atoms with E-state index in [1.54, 1.807) is 7.11 Å². The van der Waals surface area contributed by atoms with E-state index in [1.165, 1.54) is 0 Å². The molecular formula is C14H16BrN3O2. The summed E-state index contributed by atoms with van der Waals surface area (Å²) in [5.41, 5.74) is 1.84. The number of rotatable bonds is 3. The van der Waals surface area contributed by atoms with E-state index in [1.807, 2.05) is 24.3 Å². The fourth-order valence-electron chi connectivity index (χ4n) is 2.26. The number of halogens is 1. The zero-order valence-corrected chi connectivity index (χ0v) is 12.8. The molecule has 0 aliphatic carbocycles. The van der Waals surface area contributed by atoms with Gasteiger partial charge in [-0.3, -0.25) is 0 Å². The molecule has 0 atom stereocenters. The first kappa shape index (κ1) is 13.5. The van der Waals surface area contributed by atoms with Crippen LogP contribution in [0.15, 0.2) is 33.3 Å². The molecule has 2 heterocycles. The minimum atomic E-state index is 0.805. The third-order valence-corrected chi connectivity index (χ3v) is 3.99. The molecule has 0 unspecified atom stereocenters. The highest BCUT2D eigenvalue weighted by atomic mass is 79.9. The molecule has 0 radical (unpaired) electrons. The van der Waals surface area contributed by atoms with Crippen molar-refractivity contribution in [3.63, 3.8) is 0 Å². The summed E-state index contributed by atoms with van der Waals surface area (Å²) in [7, 11) is 1.65. The summed E-state index contributed by atoms with van der Waals surface area (Å²) < 4.78 is 11.6. The number of hydrogen-bond donors (Lipinski definition) is 1. The monoisotopic (exact) mass is 337 g/mol. The summed E-state index contributed by atoms with van der Waals surface area (Å²) in [5, 5.41) is 7.48. The highest BCUT2D eigenvalue weighted by molar-refractivity contribution is 9.10. The predicted molar refractivity (Wildman–Crippen MR) is 81.3 cm³/mol. The van der Waals surface area contributed by atoms with Gasteiger partial charge in [-0.25, -0.2) is 0 Å². The van der Waals surface area contributed by atoms with Gasteiger partial charge in [0.2, 0.25) is 5.88 Å². The first-order valence-corrected chi connectivity index (χ1v) is 7.33. The zero-order chi connectivity index (χ0) is 13.9. The molecule has 1 saturated heterocycles. The molecule has 1 fully saturated rings. The number of nitrogens with one attached hydrogen (secondary N) is 1. The standard InChI is InChI=1S/C14H16BrN3O2/c1-19-13-3-2-10(8-11(13)15)12-9-14(20-17-12)18-6-4-16-5-7-18/h2-3,8-9,16H,4-7H2,1H3. The Hall–Kier alpha value is -1.53. The molecule has 0 bridgehead atoms. The van der Waals surface area contributed by atoms with Gasteiger partial charge in [-0.2, -0.15) is 0 Å². The number of ether oxygens (including phenoxy) is 1. The second kappa shape index (κ2) is 5.85. The second-order valence-corrected chi connectivity index (χ2v) is 5.49. The van der Waals surface area contributed by atoms with E-state index >= 15 is 0 Å². The van der Waals surface area contributed by atoms with Crippen molar-refractivity contribution >= 4 is 21.8 Å². The van der Waals surface area contributed by atoms with Crippen LogP contribution in [0.2, 0.25) is 0 Å². The number of piperazine rings is 1. The van der Waals surface area contributed by atoms with Crippen LogP contribution in [-0.4, -0.2) is 38.4 Å². The van der Waals surface area contributed by atoms with Crippen molar-refractivity contribution in [1.82, 2.24) is 10.5 Å². The van der Waals surface area contributed by atoms with E-state index < -0.39 is 0 Å². The molecule has 6 heteroatoms. The van der Waals surface area contributed by atoms with Gasteiger partial charge in [0.1, 0.15) is 11.4 Å². The molecule has 1 aliphatic heterocycles. The van der Waals surface area contributed by atoms with Crippen molar-refractivity contribution < 1.29 is 9.26 Å². The Morgan fingerprint density at radius 1 is 1.30 bits per heavy atom. The Bertz CT molecular complexity index is 594. The molecule has 1 N–H and O–H groups in total. The molecule has 20 heavy (non-hydrogen) atoms. The summed E-state index contributed by atoms with van der Waals surface area (Å²) >= 11 is 3.49. The van der Waals surface area contributed by atoms with Gasteiger partial charge < -0.3 is 19.5 Å². The molecule has 1 aromatic heterocycles. The third-order valence-electron chi connectivity index (χ3n) is 3.37. The van der Waals surface area contributed by atoms with Crippen molar-refractivity contribution in [2.75, 3.05) is 38.2 Å². The molecule has 2 aromatic rings. The fraction of sp³-hybridized carbons (Fsp3) is 0.357. The van der Waals surface area contributed by atoms with Crippen LogP contribution in [0.3, 0.4) is 0 Å². The molecule has 0 saturated carbocycles. The third kappa shape index (κ3) is 2.66. The quantitative estimate of drug-likeness (QED) is 0.932. The zero-order valence-electron chi connectivity index (χ0n) is 11.2. The molecular weight excluding hydrogens is 322 g/mol. The largest absolute Gasteiger partial charge is 0.496 e. The minimum absolute atomic E-state index is 0.805. The molecule has 1 aliphatic rings. The summed E-state index contributed by atoms with van der Waals surface area (Å²) in [6, 6.07) is 7.86. The van der Waals surface area contributed by atoms with Crippen LogP contribution in [0.5, 0.6) is 5.75 Å². The van der Waals surface area contributed by atoms with Crippen LogP contribution < -0.4 is 15.0 Å². The van der Waals surface area contributed by atoms with E-state index in [2.05, 4.69) is 31.3 Å². The van der Waals surface area contributed by atoms with Crippen molar-refractivity contribution in [3.8, 4) is 17.0 Å². The van der Waals surface area contributed by atoms with Gasteiger partial charge in [0, 0.05) is 37.8 Å². The lowest BCUT2D eigenvalue weighted by Crippen LogP contribution is -2.43. The number of anilines is 1. The van der Waals surface area contributed by atoms with Gasteiger partial charge in [0.15, 0.2) is 0 Å². The number of nitrogens with zero attached hydrogens (tertiary/aromatic N) is 2. The summed E-state index contributed by atoms with van der Waals surface area (Å²) in [6.45, 7) is 3.84. The fourth-order valence-corrected chi connectivity index (χ4v) is 2.80. The molecule has 5 nitrogen and oxygen atoms in total. The predicted octanol–water partition coefficient (Wildman–Crippen LogP) is 2.52. The molecule has 3 rings (SSSR count). The molecule has 0 spiro atoms. The number of benzene rings is 1. The van der Waals surface area contributed by atoms with Gasteiger partial charge in [-0.1, -0.05) is 5.16 Å². The average Bonchev–Trinajstić information content (AvgIpc) is 2.98. The Balaban J connectivity index is 1.84. The van der Waals surface area contributed by atoms with Crippen LogP contribution in [-0.2, 0) is 0 Å². The summed E-state index contributed by atoms with van der Waals surface area (Å²) in [6.07, 6.45) is 0. The molecule has 1 aromatic carbocycles. The van der Waals surface area contributed by atoms with E-state index in [-0.39, 0.29) is 0 Å². The van der Waals surface area contributed by atoms with E-state index in [0.717, 1.165) is 53.5 Å². The molecule has 106 valence electrons. The Morgan fingerprint density at radius 2 is 2.10 bits per heavy atom. The van der Waals surface area contributed by atoms with Crippen LogP contribution in [0.4, 0.5) is 5.88 Å². The summed E-state index contributed by atoms with van der Waals surface area (Å²) in [4.78, 5) is 2.20.